The zero-order valence-electron chi connectivity index (χ0n) is 38.2. The van der Waals surface area contributed by atoms with Crippen molar-refractivity contribution in [3.63, 3.8) is 0 Å². The molecule has 10 aromatic carbocycles. The summed E-state index contributed by atoms with van der Waals surface area (Å²) in [6.45, 7) is 0. The van der Waals surface area contributed by atoms with Crippen molar-refractivity contribution in [2.24, 2.45) is 0 Å². The molecule has 13 rings (SSSR count). The molecule has 5 heteroatoms. The number of fused-ring (bicyclic) bond motifs is 6. The van der Waals surface area contributed by atoms with E-state index in [0.29, 0.717) is 0 Å². The van der Waals surface area contributed by atoms with Gasteiger partial charge in [0.15, 0.2) is 0 Å². The molecule has 0 saturated heterocycles. The smallest absolute Gasteiger partial charge is 0.0965 e. The Hall–Kier alpha value is -9.32. The fourth-order valence-electron chi connectivity index (χ4n) is 10.6. The summed E-state index contributed by atoms with van der Waals surface area (Å²) in [5.41, 5.74) is 17.6. The van der Waals surface area contributed by atoms with E-state index < -0.39 is 0 Å². The van der Waals surface area contributed by atoms with Crippen LogP contribution in [0.3, 0.4) is 0 Å². The van der Waals surface area contributed by atoms with Gasteiger partial charge in [0.1, 0.15) is 0 Å². The molecule has 0 bridgehead atoms. The third kappa shape index (κ3) is 7.11. The molecule has 13 aromatic rings. The number of aromatic nitrogens is 4. The Morgan fingerprint density at radius 3 is 1.27 bits per heavy atom. The van der Waals surface area contributed by atoms with Crippen LogP contribution in [0.4, 0.5) is 17.1 Å². The van der Waals surface area contributed by atoms with Gasteiger partial charge in [0.05, 0.1) is 33.5 Å². The minimum atomic E-state index is 0.0168. The van der Waals surface area contributed by atoms with E-state index in [0.717, 1.165) is 51.0 Å². The van der Waals surface area contributed by atoms with E-state index in [2.05, 4.69) is 269 Å². The lowest BCUT2D eigenvalue weighted by atomic mass is 9.84. The summed E-state index contributed by atoms with van der Waals surface area (Å²) in [6.07, 6.45) is 3.58. The second-order valence-corrected chi connectivity index (χ2v) is 17.8. The van der Waals surface area contributed by atoms with Crippen LogP contribution in [0.2, 0.25) is 0 Å². The van der Waals surface area contributed by atoms with E-state index >= 15 is 0 Å². The highest BCUT2D eigenvalue weighted by molar-refractivity contribution is 6.11. The molecular weight excluding hydrogens is 851 g/mol. The van der Waals surface area contributed by atoms with Gasteiger partial charge < -0.3 is 14.0 Å². The Balaban J connectivity index is 0.854. The van der Waals surface area contributed by atoms with Crippen molar-refractivity contribution in [3.05, 3.63) is 284 Å². The van der Waals surface area contributed by atoms with Crippen LogP contribution in [0.5, 0.6) is 0 Å². The molecule has 5 nitrogen and oxygen atoms in total. The molecule has 3 heterocycles. The molecule has 0 radical (unpaired) electrons. The van der Waals surface area contributed by atoms with Crippen molar-refractivity contribution in [2.75, 3.05) is 4.90 Å². The summed E-state index contributed by atoms with van der Waals surface area (Å²) in [4.78, 5) is 12.2. The second-order valence-electron chi connectivity index (χ2n) is 17.8. The Labute approximate surface area is 406 Å². The summed E-state index contributed by atoms with van der Waals surface area (Å²) in [5, 5.41) is 4.90. The van der Waals surface area contributed by atoms with Gasteiger partial charge in [0, 0.05) is 79.4 Å². The van der Waals surface area contributed by atoms with Gasteiger partial charge >= 0.3 is 0 Å². The molecule has 70 heavy (non-hydrogen) atoms. The number of nitrogens with zero attached hydrogens (tertiary/aromatic N) is 5. The van der Waals surface area contributed by atoms with Crippen LogP contribution in [-0.2, 0) is 0 Å². The first-order valence-electron chi connectivity index (χ1n) is 23.8. The summed E-state index contributed by atoms with van der Waals surface area (Å²) in [5.74, 6) is 0.0168. The van der Waals surface area contributed by atoms with Gasteiger partial charge in [-0.3, -0.25) is 9.97 Å². The minimum absolute atomic E-state index is 0.0168. The van der Waals surface area contributed by atoms with Crippen LogP contribution >= 0.6 is 0 Å². The molecule has 330 valence electrons. The van der Waals surface area contributed by atoms with Crippen molar-refractivity contribution in [1.29, 1.82) is 0 Å². The van der Waals surface area contributed by atoms with E-state index in [1.807, 2.05) is 0 Å². The first kappa shape index (κ1) is 40.9. The van der Waals surface area contributed by atoms with Crippen LogP contribution in [0.15, 0.2) is 267 Å². The topological polar surface area (TPSA) is 38.9 Å². The van der Waals surface area contributed by atoms with Crippen molar-refractivity contribution >= 4 is 60.7 Å². The van der Waals surface area contributed by atoms with Crippen LogP contribution in [0.1, 0.15) is 22.6 Å². The van der Waals surface area contributed by atoms with E-state index in [4.69, 9.17) is 9.97 Å². The van der Waals surface area contributed by atoms with E-state index in [-0.39, 0.29) is 5.92 Å². The number of anilines is 3. The van der Waals surface area contributed by atoms with Gasteiger partial charge in [-0.15, -0.1) is 0 Å². The molecule has 0 aliphatic carbocycles. The molecule has 0 spiro atoms. The van der Waals surface area contributed by atoms with Gasteiger partial charge in [-0.05, 0) is 108 Å². The van der Waals surface area contributed by atoms with E-state index in [1.54, 1.807) is 12.4 Å². The molecule has 1 atom stereocenters. The molecule has 0 amide bonds. The highest BCUT2D eigenvalue weighted by Crippen LogP contribution is 2.42. The van der Waals surface area contributed by atoms with Crippen LogP contribution < -0.4 is 4.90 Å². The van der Waals surface area contributed by atoms with Crippen molar-refractivity contribution in [1.82, 2.24) is 19.1 Å². The molecule has 0 aliphatic heterocycles. The molecule has 3 aromatic heterocycles. The van der Waals surface area contributed by atoms with E-state index in [1.165, 1.54) is 60.3 Å². The van der Waals surface area contributed by atoms with Gasteiger partial charge in [0.25, 0.3) is 0 Å². The van der Waals surface area contributed by atoms with E-state index in [9.17, 15) is 0 Å². The van der Waals surface area contributed by atoms with Gasteiger partial charge in [-0.25, -0.2) is 0 Å². The quantitative estimate of drug-likeness (QED) is 0.128. The highest BCUT2D eigenvalue weighted by atomic mass is 15.1. The Kier molecular flexibility index (Phi) is 10.2. The lowest BCUT2D eigenvalue weighted by Gasteiger charge is -2.26. The highest BCUT2D eigenvalue weighted by Gasteiger charge is 2.22. The van der Waals surface area contributed by atoms with Crippen LogP contribution in [0.25, 0.3) is 77.5 Å². The zero-order valence-corrected chi connectivity index (χ0v) is 38.2. The standard InChI is InChI=1S/C65H45N5/c1-5-17-45(18-6-1)63(49-35-39-61-57(43-49)55-25-13-15-27-59(55)69(61)51-21-9-3-10-22-51)46-29-31-47(32-30-46)64-65(67-42-41-66-64)48-33-36-53(37-34-48)68(50-19-7-2-8-20-50)54-38-40-62-58(44-54)56-26-14-16-28-60(56)70(62)52-23-11-4-12-24-52/h1-44,63H. The predicted molar refractivity (Wildman–Crippen MR) is 290 cm³/mol. The molecule has 0 fully saturated rings. The molecule has 0 aliphatic rings. The normalized spacial score (nSPS) is 11.9. The fraction of sp³-hybridized carbons (Fsp3) is 0.0154. The molecule has 0 saturated carbocycles. The Bertz CT molecular complexity index is 3710. The minimum Gasteiger partial charge on any atom is -0.310 e. The third-order valence-electron chi connectivity index (χ3n) is 13.7. The zero-order chi connectivity index (χ0) is 46.4. The summed E-state index contributed by atoms with van der Waals surface area (Å²) in [7, 11) is 0. The first-order valence-corrected chi connectivity index (χ1v) is 23.8. The largest absolute Gasteiger partial charge is 0.310 e. The number of para-hydroxylation sites is 5. The maximum atomic E-state index is 4.96. The van der Waals surface area contributed by atoms with Crippen LogP contribution in [0, 0.1) is 0 Å². The van der Waals surface area contributed by atoms with Gasteiger partial charge in [-0.2, -0.15) is 0 Å². The van der Waals surface area contributed by atoms with Gasteiger partial charge in [0.2, 0.25) is 0 Å². The maximum absolute atomic E-state index is 4.96. The van der Waals surface area contributed by atoms with Gasteiger partial charge in [-0.1, -0.05) is 164 Å². The Morgan fingerprint density at radius 2 is 0.700 bits per heavy atom. The predicted octanol–water partition coefficient (Wildman–Crippen LogP) is 16.7. The Morgan fingerprint density at radius 1 is 0.300 bits per heavy atom. The van der Waals surface area contributed by atoms with Crippen LogP contribution in [-0.4, -0.2) is 19.1 Å². The maximum Gasteiger partial charge on any atom is 0.0965 e. The van der Waals surface area contributed by atoms with Crippen molar-refractivity contribution in [3.8, 4) is 33.9 Å². The average molecular weight is 896 g/mol. The number of benzene rings is 10. The first-order chi connectivity index (χ1) is 34.7. The number of rotatable bonds is 10. The fourth-order valence-corrected chi connectivity index (χ4v) is 10.6. The van der Waals surface area contributed by atoms with Crippen molar-refractivity contribution < 1.29 is 0 Å². The lowest BCUT2D eigenvalue weighted by Crippen LogP contribution is -2.09. The molecule has 0 N–H and O–H groups in total. The monoisotopic (exact) mass is 895 g/mol. The number of hydrogen-bond donors (Lipinski definition) is 0. The molecule has 1 unspecified atom stereocenters. The lowest BCUT2D eigenvalue weighted by molar-refractivity contribution is 0.980. The summed E-state index contributed by atoms with van der Waals surface area (Å²) in [6, 6.07) is 91.6. The summed E-state index contributed by atoms with van der Waals surface area (Å²) < 4.78 is 4.73. The average Bonchev–Trinajstić information content (AvgIpc) is 3.95. The third-order valence-corrected chi connectivity index (χ3v) is 13.7. The SMILES string of the molecule is c1ccc(C(c2ccc(-c3nccnc3-c3ccc(N(c4ccccc4)c4ccc5c(c4)c4ccccc4n5-c4ccccc4)cc3)cc2)c2ccc3c(c2)c2ccccc2n3-c2ccccc2)cc1. The molecular formula is C65H45N5. The number of hydrogen-bond acceptors (Lipinski definition) is 3. The second kappa shape index (κ2) is 17.4. The summed E-state index contributed by atoms with van der Waals surface area (Å²) >= 11 is 0. The van der Waals surface area contributed by atoms with Crippen molar-refractivity contribution in [2.45, 2.75) is 5.92 Å².